The number of nitriles is 1. The molecule has 0 aliphatic carbocycles. The number of ether oxygens (including phenoxy) is 2. The number of benzene rings is 3. The van der Waals surface area contributed by atoms with Gasteiger partial charge in [-0.1, -0.05) is 29.3 Å². The van der Waals surface area contributed by atoms with Gasteiger partial charge in [0.1, 0.15) is 16.5 Å². The quantitative estimate of drug-likeness (QED) is 0.166. The summed E-state index contributed by atoms with van der Waals surface area (Å²) in [5, 5.41) is 12.0. The van der Waals surface area contributed by atoms with Gasteiger partial charge in [-0.25, -0.2) is 4.79 Å². The van der Waals surface area contributed by atoms with E-state index in [-0.39, 0.29) is 39.2 Å². The van der Waals surface area contributed by atoms with Gasteiger partial charge in [0.05, 0.1) is 24.3 Å². The lowest BCUT2D eigenvalue weighted by molar-refractivity contribution is -0.112. The Morgan fingerprint density at radius 2 is 1.74 bits per heavy atom. The third-order valence-corrected chi connectivity index (χ3v) is 6.60. The third kappa shape index (κ3) is 6.91. The van der Waals surface area contributed by atoms with Crippen molar-refractivity contribution in [1.82, 2.24) is 0 Å². The SMILES string of the molecule is CCOC(=O)c1ccc(NC(=O)/C(C#N)=C/c2cc(Cl)c(OS(=O)(=O)c3ccc(C)cc3)c(OC)c2)cc1. The van der Waals surface area contributed by atoms with E-state index in [2.05, 4.69) is 5.32 Å². The van der Waals surface area contributed by atoms with E-state index in [4.69, 9.17) is 25.3 Å². The number of esters is 1. The van der Waals surface area contributed by atoms with Crippen LogP contribution < -0.4 is 14.2 Å². The predicted octanol–water partition coefficient (Wildman–Crippen LogP) is 5.15. The Labute approximate surface area is 225 Å². The fourth-order valence-corrected chi connectivity index (χ4v) is 4.44. The molecule has 0 radical (unpaired) electrons. The number of aryl methyl sites for hydroxylation is 1. The Morgan fingerprint density at radius 1 is 1.08 bits per heavy atom. The molecule has 0 fully saturated rings. The molecule has 9 nitrogen and oxygen atoms in total. The maximum absolute atomic E-state index is 12.7. The fraction of sp³-hybridized carbons (Fsp3) is 0.148. The molecule has 0 unspecified atom stereocenters. The maximum Gasteiger partial charge on any atom is 0.339 e. The molecule has 1 N–H and O–H groups in total. The van der Waals surface area contributed by atoms with Crippen LogP contribution in [0.15, 0.2) is 71.1 Å². The Hall–Kier alpha value is -4.33. The first-order chi connectivity index (χ1) is 18.1. The molecular formula is C27H23ClN2O7S. The second-order valence-electron chi connectivity index (χ2n) is 7.81. The van der Waals surface area contributed by atoms with Crippen molar-refractivity contribution in [1.29, 1.82) is 5.26 Å². The third-order valence-electron chi connectivity index (χ3n) is 5.08. The summed E-state index contributed by atoms with van der Waals surface area (Å²) in [6.07, 6.45) is 1.26. The number of rotatable bonds is 9. The van der Waals surface area contributed by atoms with Crippen LogP contribution in [-0.2, 0) is 19.6 Å². The number of anilines is 1. The summed E-state index contributed by atoms with van der Waals surface area (Å²) in [6, 6.07) is 16.6. The Balaban J connectivity index is 1.84. The lowest BCUT2D eigenvalue weighted by atomic mass is 10.1. The Kier molecular flexibility index (Phi) is 9.12. The molecule has 11 heteroatoms. The summed E-state index contributed by atoms with van der Waals surface area (Å²) in [5.74, 6) is -1.47. The molecule has 0 atom stereocenters. The fourth-order valence-electron chi connectivity index (χ4n) is 3.18. The molecule has 0 aromatic heterocycles. The van der Waals surface area contributed by atoms with Gasteiger partial charge in [-0.2, -0.15) is 13.7 Å². The number of methoxy groups -OCH3 is 1. The van der Waals surface area contributed by atoms with Crippen molar-refractivity contribution >= 4 is 45.4 Å². The minimum atomic E-state index is -4.21. The summed E-state index contributed by atoms with van der Waals surface area (Å²) in [4.78, 5) is 24.4. The zero-order chi connectivity index (χ0) is 27.9. The van der Waals surface area contributed by atoms with Crippen LogP contribution in [0.3, 0.4) is 0 Å². The van der Waals surface area contributed by atoms with Crippen LogP contribution in [0.5, 0.6) is 11.5 Å². The van der Waals surface area contributed by atoms with Crippen LogP contribution in [0.25, 0.3) is 6.08 Å². The molecule has 0 saturated carbocycles. The van der Waals surface area contributed by atoms with Crippen molar-refractivity contribution in [2.75, 3.05) is 19.0 Å². The Bertz CT molecular complexity index is 1530. The first-order valence-corrected chi connectivity index (χ1v) is 13.0. The van der Waals surface area contributed by atoms with Gasteiger partial charge < -0.3 is 19.0 Å². The largest absolute Gasteiger partial charge is 0.493 e. The van der Waals surface area contributed by atoms with Crippen LogP contribution in [0, 0.1) is 18.3 Å². The van der Waals surface area contributed by atoms with Gasteiger partial charge in [0.15, 0.2) is 5.75 Å². The van der Waals surface area contributed by atoms with E-state index < -0.39 is 22.0 Å². The second kappa shape index (κ2) is 12.3. The van der Waals surface area contributed by atoms with Crippen molar-refractivity contribution in [3.8, 4) is 17.6 Å². The molecule has 0 saturated heterocycles. The van der Waals surface area contributed by atoms with Gasteiger partial charge in [0.25, 0.3) is 5.91 Å². The molecule has 0 bridgehead atoms. The van der Waals surface area contributed by atoms with Gasteiger partial charge in [-0.15, -0.1) is 0 Å². The number of carbonyl (C=O) groups is 2. The highest BCUT2D eigenvalue weighted by Crippen LogP contribution is 2.39. The molecule has 3 aromatic carbocycles. The van der Waals surface area contributed by atoms with Crippen molar-refractivity contribution in [3.05, 3.63) is 87.9 Å². The standard InChI is InChI=1S/C27H23ClN2O7S/c1-4-36-27(32)19-7-9-21(10-8-19)30-26(31)20(16-29)13-18-14-23(28)25(24(15-18)35-3)37-38(33,34)22-11-5-17(2)6-12-22/h5-15H,4H2,1-3H3,(H,30,31)/b20-13+. The summed E-state index contributed by atoms with van der Waals surface area (Å²) in [5.41, 5.74) is 1.57. The summed E-state index contributed by atoms with van der Waals surface area (Å²) in [7, 11) is -2.92. The monoisotopic (exact) mass is 554 g/mol. The van der Waals surface area contributed by atoms with Crippen LogP contribution in [0.1, 0.15) is 28.4 Å². The van der Waals surface area contributed by atoms with Crippen LogP contribution in [0.2, 0.25) is 5.02 Å². The molecule has 0 heterocycles. The number of hydrogen-bond donors (Lipinski definition) is 1. The Morgan fingerprint density at radius 3 is 2.32 bits per heavy atom. The molecular weight excluding hydrogens is 532 g/mol. The number of nitrogens with one attached hydrogen (secondary N) is 1. The molecule has 1 amide bonds. The summed E-state index contributed by atoms with van der Waals surface area (Å²) in [6.45, 7) is 3.75. The zero-order valence-electron chi connectivity index (χ0n) is 20.6. The number of amides is 1. The van der Waals surface area contributed by atoms with Crippen molar-refractivity contribution in [2.45, 2.75) is 18.7 Å². The number of hydrogen-bond acceptors (Lipinski definition) is 8. The van der Waals surface area contributed by atoms with E-state index in [1.807, 2.05) is 13.0 Å². The van der Waals surface area contributed by atoms with Crippen LogP contribution >= 0.6 is 11.6 Å². The van der Waals surface area contributed by atoms with E-state index in [0.29, 0.717) is 11.3 Å². The van der Waals surface area contributed by atoms with Gasteiger partial charge in [0.2, 0.25) is 5.75 Å². The highest BCUT2D eigenvalue weighted by atomic mass is 35.5. The zero-order valence-corrected chi connectivity index (χ0v) is 22.2. The normalized spacial score (nSPS) is 11.3. The first-order valence-electron chi connectivity index (χ1n) is 11.2. The van der Waals surface area contributed by atoms with Crippen molar-refractivity contribution in [3.63, 3.8) is 0 Å². The van der Waals surface area contributed by atoms with E-state index in [9.17, 15) is 23.3 Å². The van der Waals surface area contributed by atoms with Gasteiger partial charge in [-0.05, 0) is 74.0 Å². The minimum Gasteiger partial charge on any atom is -0.493 e. The average Bonchev–Trinajstić information content (AvgIpc) is 2.89. The van der Waals surface area contributed by atoms with Gasteiger partial charge >= 0.3 is 16.1 Å². The summed E-state index contributed by atoms with van der Waals surface area (Å²) < 4.78 is 40.9. The number of carbonyl (C=O) groups excluding carboxylic acids is 2. The van der Waals surface area contributed by atoms with Crippen molar-refractivity contribution in [2.24, 2.45) is 0 Å². The van der Waals surface area contributed by atoms with E-state index in [1.165, 1.54) is 61.7 Å². The molecule has 0 aliphatic heterocycles. The lowest BCUT2D eigenvalue weighted by Gasteiger charge is -2.13. The number of nitrogens with zero attached hydrogens (tertiary/aromatic N) is 1. The predicted molar refractivity (Wildman–Crippen MR) is 142 cm³/mol. The van der Waals surface area contributed by atoms with Crippen LogP contribution in [-0.4, -0.2) is 34.0 Å². The molecule has 0 aliphatic rings. The minimum absolute atomic E-state index is 0.0216. The molecule has 3 aromatic rings. The van der Waals surface area contributed by atoms with Gasteiger partial charge in [0, 0.05) is 5.69 Å². The maximum atomic E-state index is 12.7. The van der Waals surface area contributed by atoms with Gasteiger partial charge in [-0.3, -0.25) is 4.79 Å². The lowest BCUT2D eigenvalue weighted by Crippen LogP contribution is -2.14. The average molecular weight is 555 g/mol. The smallest absolute Gasteiger partial charge is 0.339 e. The van der Waals surface area contributed by atoms with E-state index >= 15 is 0 Å². The molecule has 38 heavy (non-hydrogen) atoms. The van der Waals surface area contributed by atoms with E-state index in [0.717, 1.165) is 5.56 Å². The van der Waals surface area contributed by atoms with E-state index in [1.54, 1.807) is 19.1 Å². The second-order valence-corrected chi connectivity index (χ2v) is 9.76. The van der Waals surface area contributed by atoms with Crippen LogP contribution in [0.4, 0.5) is 5.69 Å². The highest BCUT2D eigenvalue weighted by molar-refractivity contribution is 7.87. The topological polar surface area (TPSA) is 132 Å². The summed E-state index contributed by atoms with van der Waals surface area (Å²) >= 11 is 6.31. The molecule has 3 rings (SSSR count). The first kappa shape index (κ1) is 28.2. The molecule has 0 spiro atoms. The molecule has 196 valence electrons. The number of halogens is 1. The highest BCUT2D eigenvalue weighted by Gasteiger charge is 2.22. The van der Waals surface area contributed by atoms with Crippen molar-refractivity contribution < 1.29 is 31.7 Å².